The number of amides is 1. The molecule has 0 saturated heterocycles. The van der Waals surface area contributed by atoms with E-state index < -0.39 is 0 Å². The van der Waals surface area contributed by atoms with Crippen molar-refractivity contribution in [3.8, 4) is 0 Å². The van der Waals surface area contributed by atoms with Crippen LogP contribution in [0, 0.1) is 5.92 Å². The summed E-state index contributed by atoms with van der Waals surface area (Å²) in [6.07, 6.45) is 0. The van der Waals surface area contributed by atoms with Crippen LogP contribution in [0.2, 0.25) is 0 Å². The molecule has 0 radical (unpaired) electrons. The van der Waals surface area contributed by atoms with Crippen molar-refractivity contribution >= 4 is 29.0 Å². The van der Waals surface area contributed by atoms with Gasteiger partial charge in [0.2, 0.25) is 5.91 Å². The zero-order chi connectivity index (χ0) is 16.9. The second kappa shape index (κ2) is 7.97. The van der Waals surface area contributed by atoms with E-state index in [1.165, 1.54) is 4.90 Å². The SMILES string of the molecule is CC(CSc1ccccc1)C(=O)NCc1csc(C(C)(C)C)n1. The number of aromatic nitrogens is 1. The number of carbonyl (C=O) groups is 1. The first-order valence-electron chi connectivity index (χ1n) is 7.76. The Morgan fingerprint density at radius 1 is 1.30 bits per heavy atom. The first-order chi connectivity index (χ1) is 10.9. The van der Waals surface area contributed by atoms with E-state index in [-0.39, 0.29) is 17.2 Å². The fraction of sp³-hybridized carbons (Fsp3) is 0.444. The molecule has 1 unspecified atom stereocenters. The van der Waals surface area contributed by atoms with Crippen LogP contribution < -0.4 is 5.32 Å². The summed E-state index contributed by atoms with van der Waals surface area (Å²) in [6, 6.07) is 10.2. The lowest BCUT2D eigenvalue weighted by Gasteiger charge is -2.14. The molecular formula is C18H24N2OS2. The van der Waals surface area contributed by atoms with Gasteiger partial charge in [-0.3, -0.25) is 4.79 Å². The molecule has 3 nitrogen and oxygen atoms in total. The summed E-state index contributed by atoms with van der Waals surface area (Å²) in [6.45, 7) is 8.92. The largest absolute Gasteiger partial charge is 0.350 e. The highest BCUT2D eigenvalue weighted by Crippen LogP contribution is 2.25. The number of hydrogen-bond acceptors (Lipinski definition) is 4. The second-order valence-corrected chi connectivity index (χ2v) is 8.59. The van der Waals surface area contributed by atoms with Crippen LogP contribution in [-0.4, -0.2) is 16.6 Å². The Labute approximate surface area is 146 Å². The summed E-state index contributed by atoms with van der Waals surface area (Å²) in [4.78, 5) is 18.0. The molecule has 0 spiro atoms. The van der Waals surface area contributed by atoms with E-state index in [2.05, 4.69) is 43.2 Å². The molecule has 124 valence electrons. The number of benzene rings is 1. The van der Waals surface area contributed by atoms with Gasteiger partial charge in [-0.05, 0) is 12.1 Å². The Morgan fingerprint density at radius 3 is 2.61 bits per heavy atom. The molecule has 0 aliphatic rings. The van der Waals surface area contributed by atoms with Gasteiger partial charge in [0.05, 0.1) is 17.2 Å². The maximum absolute atomic E-state index is 12.2. The number of nitrogens with zero attached hydrogens (tertiary/aromatic N) is 1. The third kappa shape index (κ3) is 5.66. The predicted molar refractivity (Wildman–Crippen MR) is 99.0 cm³/mol. The molecule has 1 atom stereocenters. The number of thiazole rings is 1. The van der Waals surface area contributed by atoms with E-state index in [4.69, 9.17) is 0 Å². The maximum Gasteiger partial charge on any atom is 0.223 e. The third-order valence-corrected chi connectivity index (χ3v) is 5.92. The van der Waals surface area contributed by atoms with Gasteiger partial charge in [-0.1, -0.05) is 45.9 Å². The molecule has 1 heterocycles. The number of thioether (sulfide) groups is 1. The van der Waals surface area contributed by atoms with Gasteiger partial charge in [0.15, 0.2) is 0 Å². The van der Waals surface area contributed by atoms with Crippen LogP contribution in [0.4, 0.5) is 0 Å². The van der Waals surface area contributed by atoms with Crippen molar-refractivity contribution in [1.82, 2.24) is 10.3 Å². The molecule has 23 heavy (non-hydrogen) atoms. The van der Waals surface area contributed by atoms with E-state index in [0.29, 0.717) is 6.54 Å². The Hall–Kier alpha value is -1.33. The number of carbonyl (C=O) groups excluding carboxylic acids is 1. The molecule has 0 aliphatic carbocycles. The molecule has 1 aromatic heterocycles. The molecule has 1 aromatic carbocycles. The fourth-order valence-corrected chi connectivity index (χ4v) is 3.75. The summed E-state index contributed by atoms with van der Waals surface area (Å²) < 4.78 is 0. The summed E-state index contributed by atoms with van der Waals surface area (Å²) >= 11 is 3.37. The van der Waals surface area contributed by atoms with Crippen molar-refractivity contribution in [2.75, 3.05) is 5.75 Å². The average molecular weight is 349 g/mol. The summed E-state index contributed by atoms with van der Waals surface area (Å²) in [7, 11) is 0. The van der Waals surface area contributed by atoms with Crippen LogP contribution >= 0.6 is 23.1 Å². The predicted octanol–water partition coefficient (Wildman–Crippen LogP) is 4.49. The molecule has 1 amide bonds. The van der Waals surface area contributed by atoms with Crippen molar-refractivity contribution in [2.45, 2.75) is 44.6 Å². The molecule has 0 aliphatic heterocycles. The minimum absolute atomic E-state index is 0.0269. The second-order valence-electron chi connectivity index (χ2n) is 6.64. The molecule has 5 heteroatoms. The van der Waals surface area contributed by atoms with Crippen molar-refractivity contribution < 1.29 is 4.79 Å². The minimum atomic E-state index is -0.0269. The van der Waals surface area contributed by atoms with Gasteiger partial charge in [0, 0.05) is 27.4 Å². The van der Waals surface area contributed by atoms with Gasteiger partial charge in [0.1, 0.15) is 0 Å². The summed E-state index contributed by atoms with van der Waals surface area (Å²) in [5.41, 5.74) is 1.00. The third-order valence-electron chi connectivity index (χ3n) is 3.33. The van der Waals surface area contributed by atoms with Gasteiger partial charge in [-0.15, -0.1) is 23.1 Å². The van der Waals surface area contributed by atoms with E-state index in [1.807, 2.05) is 30.5 Å². The van der Waals surface area contributed by atoms with Gasteiger partial charge in [-0.2, -0.15) is 0 Å². The van der Waals surface area contributed by atoms with Gasteiger partial charge in [-0.25, -0.2) is 4.98 Å². The fourth-order valence-electron chi connectivity index (χ4n) is 1.90. The zero-order valence-corrected chi connectivity index (χ0v) is 15.8. The van der Waals surface area contributed by atoms with Crippen LogP contribution in [0.25, 0.3) is 0 Å². The molecule has 2 aromatic rings. The summed E-state index contributed by atoms with van der Waals surface area (Å²) in [5, 5.41) is 6.13. The highest BCUT2D eigenvalue weighted by atomic mass is 32.2. The number of nitrogens with one attached hydrogen (secondary N) is 1. The number of hydrogen-bond donors (Lipinski definition) is 1. The van der Waals surface area contributed by atoms with Gasteiger partial charge >= 0.3 is 0 Å². The Kier molecular flexibility index (Phi) is 6.25. The number of rotatable bonds is 6. The zero-order valence-electron chi connectivity index (χ0n) is 14.1. The first kappa shape index (κ1) is 18.0. The van der Waals surface area contributed by atoms with Crippen LogP contribution in [0.15, 0.2) is 40.6 Å². The minimum Gasteiger partial charge on any atom is -0.350 e. The molecular weight excluding hydrogens is 324 g/mol. The summed E-state index contributed by atoms with van der Waals surface area (Å²) in [5.74, 6) is 0.833. The van der Waals surface area contributed by atoms with Crippen LogP contribution in [-0.2, 0) is 16.8 Å². The van der Waals surface area contributed by atoms with Crippen LogP contribution in [0.5, 0.6) is 0 Å². The van der Waals surface area contributed by atoms with Crippen molar-refractivity contribution in [1.29, 1.82) is 0 Å². The Balaban J connectivity index is 1.79. The van der Waals surface area contributed by atoms with E-state index in [0.717, 1.165) is 16.5 Å². The van der Waals surface area contributed by atoms with Gasteiger partial charge in [0.25, 0.3) is 0 Å². The Bertz CT molecular complexity index is 632. The lowest BCUT2D eigenvalue weighted by Crippen LogP contribution is -2.30. The molecule has 0 fully saturated rings. The Morgan fingerprint density at radius 2 is 2.00 bits per heavy atom. The van der Waals surface area contributed by atoms with E-state index >= 15 is 0 Å². The lowest BCUT2D eigenvalue weighted by atomic mass is 9.98. The monoisotopic (exact) mass is 348 g/mol. The molecule has 1 N–H and O–H groups in total. The van der Waals surface area contributed by atoms with E-state index in [9.17, 15) is 4.79 Å². The van der Waals surface area contributed by atoms with Crippen molar-refractivity contribution in [2.24, 2.45) is 5.92 Å². The smallest absolute Gasteiger partial charge is 0.223 e. The van der Waals surface area contributed by atoms with E-state index in [1.54, 1.807) is 23.1 Å². The lowest BCUT2D eigenvalue weighted by molar-refractivity contribution is -0.124. The van der Waals surface area contributed by atoms with Crippen LogP contribution in [0.1, 0.15) is 38.4 Å². The quantitative estimate of drug-likeness (QED) is 0.782. The first-order valence-corrected chi connectivity index (χ1v) is 9.63. The average Bonchev–Trinajstić information content (AvgIpc) is 3.00. The molecule has 0 bridgehead atoms. The highest BCUT2D eigenvalue weighted by Gasteiger charge is 2.18. The van der Waals surface area contributed by atoms with Crippen LogP contribution in [0.3, 0.4) is 0 Å². The molecule has 2 rings (SSSR count). The maximum atomic E-state index is 12.2. The van der Waals surface area contributed by atoms with Gasteiger partial charge < -0.3 is 5.32 Å². The molecule has 0 saturated carbocycles. The van der Waals surface area contributed by atoms with Crippen molar-refractivity contribution in [3.63, 3.8) is 0 Å². The van der Waals surface area contributed by atoms with Crippen molar-refractivity contribution in [3.05, 3.63) is 46.4 Å². The standard InChI is InChI=1S/C18H24N2OS2/c1-13(11-22-15-8-6-5-7-9-15)16(21)19-10-14-12-23-17(20-14)18(2,3)4/h5-9,12-13H,10-11H2,1-4H3,(H,19,21). The highest BCUT2D eigenvalue weighted by molar-refractivity contribution is 7.99. The normalized spacial score (nSPS) is 12.9. The topological polar surface area (TPSA) is 42.0 Å².